The Kier molecular flexibility index (Phi) is 2.59. The molecule has 2 aromatic rings. The summed E-state index contributed by atoms with van der Waals surface area (Å²) in [5.41, 5.74) is 3.32. The molecule has 1 aromatic carbocycles. The molecule has 1 saturated carbocycles. The molecule has 2 heterocycles. The van der Waals surface area contributed by atoms with Gasteiger partial charge in [0.1, 0.15) is 12.1 Å². The van der Waals surface area contributed by atoms with E-state index in [2.05, 4.69) is 28.1 Å². The van der Waals surface area contributed by atoms with Crippen LogP contribution in [0.15, 0.2) is 42.6 Å². The first kappa shape index (κ1) is 11.6. The second-order valence-electron chi connectivity index (χ2n) is 5.60. The van der Waals surface area contributed by atoms with Crippen molar-refractivity contribution < 1.29 is 4.79 Å². The van der Waals surface area contributed by atoms with E-state index in [1.807, 2.05) is 24.4 Å². The lowest BCUT2D eigenvalue weighted by Gasteiger charge is -2.25. The van der Waals surface area contributed by atoms with E-state index >= 15 is 0 Å². The van der Waals surface area contributed by atoms with Crippen LogP contribution >= 0.6 is 0 Å². The van der Waals surface area contributed by atoms with Gasteiger partial charge in [0.15, 0.2) is 0 Å². The van der Waals surface area contributed by atoms with Crippen molar-refractivity contribution in [3.8, 4) is 0 Å². The van der Waals surface area contributed by atoms with Crippen molar-refractivity contribution in [2.24, 2.45) is 0 Å². The maximum absolute atomic E-state index is 11.0. The van der Waals surface area contributed by atoms with Gasteiger partial charge >= 0.3 is 0 Å². The summed E-state index contributed by atoms with van der Waals surface area (Å²) in [5, 5.41) is 0. The zero-order valence-electron chi connectivity index (χ0n) is 11.2. The van der Waals surface area contributed by atoms with E-state index in [0.717, 1.165) is 17.7 Å². The van der Waals surface area contributed by atoms with Gasteiger partial charge in [-0.1, -0.05) is 12.5 Å². The van der Waals surface area contributed by atoms with Crippen LogP contribution in [0.25, 0.3) is 0 Å². The van der Waals surface area contributed by atoms with Crippen LogP contribution in [0.5, 0.6) is 0 Å². The van der Waals surface area contributed by atoms with Crippen molar-refractivity contribution in [3.63, 3.8) is 0 Å². The van der Waals surface area contributed by atoms with Gasteiger partial charge in [0.25, 0.3) is 0 Å². The lowest BCUT2D eigenvalue weighted by Crippen LogP contribution is -2.27. The molecule has 1 aromatic heterocycles. The highest BCUT2D eigenvalue weighted by molar-refractivity contribution is 5.80. The van der Waals surface area contributed by atoms with Crippen molar-refractivity contribution in [2.45, 2.75) is 31.2 Å². The Bertz CT molecular complexity index is 653. The molecule has 0 radical (unpaired) electrons. The first-order valence-electron chi connectivity index (χ1n) is 7.18. The molecule has 0 amide bonds. The molecule has 1 fully saturated rings. The highest BCUT2D eigenvalue weighted by Crippen LogP contribution is 2.51. The van der Waals surface area contributed by atoms with Crippen LogP contribution in [0.4, 0.5) is 11.5 Å². The van der Waals surface area contributed by atoms with Crippen LogP contribution in [0.2, 0.25) is 0 Å². The molecule has 0 spiro atoms. The number of carbonyl (C=O) groups is 1. The molecule has 0 saturated heterocycles. The first-order chi connectivity index (χ1) is 9.88. The maximum Gasteiger partial charge on any atom is 0.150 e. The molecular weight excluding hydrogens is 248 g/mol. The lowest BCUT2D eigenvalue weighted by molar-refractivity contribution is 0.112. The summed E-state index contributed by atoms with van der Waals surface area (Å²) in [6.07, 6.45) is 6.45. The smallest absolute Gasteiger partial charge is 0.150 e. The molecule has 3 nitrogen and oxygen atoms in total. The highest BCUT2D eigenvalue weighted by atomic mass is 16.1. The summed E-state index contributed by atoms with van der Waals surface area (Å²) in [6.45, 7) is 0. The van der Waals surface area contributed by atoms with Gasteiger partial charge in [0.05, 0.1) is 0 Å². The molecule has 20 heavy (non-hydrogen) atoms. The zero-order chi connectivity index (χ0) is 13.5. The molecule has 100 valence electrons. The molecule has 0 N–H and O–H groups in total. The van der Waals surface area contributed by atoms with Crippen LogP contribution in [-0.2, 0) is 0 Å². The lowest BCUT2D eigenvalue weighted by atomic mass is 9.96. The fourth-order valence-corrected chi connectivity index (χ4v) is 3.74. The number of benzene rings is 1. The van der Waals surface area contributed by atoms with Crippen LogP contribution < -0.4 is 4.90 Å². The third-order valence-corrected chi connectivity index (χ3v) is 4.55. The number of aldehydes is 1. The SMILES string of the molecule is O=Cc1ccc2c(c1)C1CCCC1N2c1ccccn1. The summed E-state index contributed by atoms with van der Waals surface area (Å²) >= 11 is 0. The topological polar surface area (TPSA) is 33.2 Å². The Morgan fingerprint density at radius 2 is 2.15 bits per heavy atom. The number of anilines is 2. The van der Waals surface area contributed by atoms with E-state index in [1.165, 1.54) is 30.5 Å². The van der Waals surface area contributed by atoms with Crippen LogP contribution in [0.1, 0.15) is 41.1 Å². The monoisotopic (exact) mass is 264 g/mol. The van der Waals surface area contributed by atoms with Gasteiger partial charge < -0.3 is 4.90 Å². The van der Waals surface area contributed by atoms with Gasteiger partial charge in [-0.3, -0.25) is 4.79 Å². The Balaban J connectivity index is 1.87. The summed E-state index contributed by atoms with van der Waals surface area (Å²) in [5.74, 6) is 1.56. The fourth-order valence-electron chi connectivity index (χ4n) is 3.74. The molecule has 2 unspecified atom stereocenters. The number of carbonyl (C=O) groups excluding carboxylic acids is 1. The number of nitrogens with zero attached hydrogens (tertiary/aromatic N) is 2. The number of rotatable bonds is 2. The van der Waals surface area contributed by atoms with Gasteiger partial charge in [-0.05, 0) is 48.7 Å². The molecule has 4 rings (SSSR count). The van der Waals surface area contributed by atoms with Gasteiger partial charge in [-0.15, -0.1) is 0 Å². The second-order valence-corrected chi connectivity index (χ2v) is 5.60. The van der Waals surface area contributed by atoms with E-state index in [-0.39, 0.29) is 0 Å². The van der Waals surface area contributed by atoms with E-state index in [4.69, 9.17) is 0 Å². The number of aromatic nitrogens is 1. The summed E-state index contributed by atoms with van der Waals surface area (Å²) in [4.78, 5) is 17.9. The summed E-state index contributed by atoms with van der Waals surface area (Å²) < 4.78 is 0. The van der Waals surface area contributed by atoms with Crippen molar-refractivity contribution in [1.82, 2.24) is 4.98 Å². The van der Waals surface area contributed by atoms with Gasteiger partial charge in [-0.25, -0.2) is 4.98 Å². The normalized spacial score (nSPS) is 23.5. The van der Waals surface area contributed by atoms with E-state index in [0.29, 0.717) is 12.0 Å². The Morgan fingerprint density at radius 1 is 1.20 bits per heavy atom. The summed E-state index contributed by atoms with van der Waals surface area (Å²) in [6, 6.07) is 12.6. The quantitative estimate of drug-likeness (QED) is 0.776. The van der Waals surface area contributed by atoms with Crippen LogP contribution in [0.3, 0.4) is 0 Å². The number of fused-ring (bicyclic) bond motifs is 3. The zero-order valence-corrected chi connectivity index (χ0v) is 11.2. The van der Waals surface area contributed by atoms with E-state index in [1.54, 1.807) is 0 Å². The minimum absolute atomic E-state index is 0.502. The predicted octanol–water partition coefficient (Wildman–Crippen LogP) is 3.68. The second kappa shape index (κ2) is 4.44. The van der Waals surface area contributed by atoms with E-state index < -0.39 is 0 Å². The fraction of sp³-hybridized carbons (Fsp3) is 0.294. The molecule has 1 aliphatic heterocycles. The largest absolute Gasteiger partial charge is 0.322 e. The molecule has 2 aliphatic rings. The Morgan fingerprint density at radius 3 is 2.95 bits per heavy atom. The third kappa shape index (κ3) is 1.59. The van der Waals surface area contributed by atoms with Gasteiger partial charge in [0, 0.05) is 29.4 Å². The number of hydrogen-bond donors (Lipinski definition) is 0. The molecule has 1 aliphatic carbocycles. The number of hydrogen-bond acceptors (Lipinski definition) is 3. The molecule has 2 atom stereocenters. The van der Waals surface area contributed by atoms with Crippen molar-refractivity contribution >= 4 is 17.8 Å². The minimum Gasteiger partial charge on any atom is -0.322 e. The maximum atomic E-state index is 11.0. The van der Waals surface area contributed by atoms with E-state index in [9.17, 15) is 4.79 Å². The van der Waals surface area contributed by atoms with Gasteiger partial charge in [-0.2, -0.15) is 0 Å². The Hall–Kier alpha value is -2.16. The van der Waals surface area contributed by atoms with Crippen molar-refractivity contribution in [3.05, 3.63) is 53.7 Å². The average molecular weight is 264 g/mol. The predicted molar refractivity (Wildman–Crippen MR) is 78.6 cm³/mol. The Labute approximate surface area is 118 Å². The average Bonchev–Trinajstić information content (AvgIpc) is 3.08. The standard InChI is InChI=1S/C17H16N2O/c20-11-12-7-8-16-14(10-12)13-4-3-5-15(13)19(16)17-6-1-2-9-18-17/h1-2,6-11,13,15H,3-5H2. The third-order valence-electron chi connectivity index (χ3n) is 4.55. The summed E-state index contributed by atoms with van der Waals surface area (Å²) in [7, 11) is 0. The van der Waals surface area contributed by atoms with Crippen LogP contribution in [-0.4, -0.2) is 17.3 Å². The van der Waals surface area contributed by atoms with Crippen molar-refractivity contribution in [2.75, 3.05) is 4.90 Å². The molecule has 0 bridgehead atoms. The first-order valence-corrected chi connectivity index (χ1v) is 7.18. The molecule has 3 heteroatoms. The highest BCUT2D eigenvalue weighted by Gasteiger charge is 2.42. The van der Waals surface area contributed by atoms with Gasteiger partial charge in [0.2, 0.25) is 0 Å². The number of pyridine rings is 1. The minimum atomic E-state index is 0.502. The van der Waals surface area contributed by atoms with Crippen molar-refractivity contribution in [1.29, 1.82) is 0 Å². The van der Waals surface area contributed by atoms with Crippen LogP contribution in [0, 0.1) is 0 Å². The molecular formula is C17H16N2O.